The largest absolute Gasteiger partial charge is 0.489 e. The van der Waals surface area contributed by atoms with Crippen molar-refractivity contribution in [2.45, 2.75) is 39.2 Å². The third-order valence-corrected chi connectivity index (χ3v) is 5.19. The number of benzene rings is 2. The molecule has 5 nitrogen and oxygen atoms in total. The van der Waals surface area contributed by atoms with Crippen LogP contribution in [-0.2, 0) is 28.7 Å². The van der Waals surface area contributed by atoms with Gasteiger partial charge in [0, 0.05) is 24.7 Å². The van der Waals surface area contributed by atoms with E-state index in [0.29, 0.717) is 22.8 Å². The molecule has 3 aromatic rings. The first kappa shape index (κ1) is 23.4. The Bertz CT molecular complexity index is 1080. The Labute approximate surface area is 183 Å². The Morgan fingerprint density at radius 3 is 2.31 bits per heavy atom. The van der Waals surface area contributed by atoms with Crippen LogP contribution in [0.25, 0.3) is 11.3 Å². The van der Waals surface area contributed by atoms with Gasteiger partial charge >= 0.3 is 12.1 Å². The molecule has 0 aliphatic rings. The summed E-state index contributed by atoms with van der Waals surface area (Å²) in [6.45, 7) is 3.84. The molecule has 0 saturated heterocycles. The van der Waals surface area contributed by atoms with Crippen LogP contribution in [0.4, 0.5) is 13.2 Å². The van der Waals surface area contributed by atoms with Gasteiger partial charge in [0.2, 0.25) is 0 Å². The molecule has 170 valence electrons. The summed E-state index contributed by atoms with van der Waals surface area (Å²) in [7, 11) is 1.36. The number of furan rings is 1. The Morgan fingerprint density at radius 1 is 1.06 bits per heavy atom. The zero-order valence-electron chi connectivity index (χ0n) is 17.8. The summed E-state index contributed by atoms with van der Waals surface area (Å²) in [6.07, 6.45) is -5.06. The molecular weight excluding hydrogens is 425 g/mol. The van der Waals surface area contributed by atoms with Crippen LogP contribution in [0.1, 0.15) is 28.0 Å². The summed E-state index contributed by atoms with van der Waals surface area (Å²) in [5, 5.41) is 9.14. The predicted molar refractivity (Wildman–Crippen MR) is 112 cm³/mol. The van der Waals surface area contributed by atoms with Crippen molar-refractivity contribution in [1.29, 1.82) is 0 Å². The zero-order chi connectivity index (χ0) is 23.5. The molecule has 3 rings (SSSR count). The number of carboxylic acid groups (broad SMARTS) is 1. The van der Waals surface area contributed by atoms with E-state index in [1.54, 1.807) is 25.1 Å². The lowest BCUT2D eigenvalue weighted by Gasteiger charge is -2.14. The number of aryl methyl sites for hydroxylation is 2. The highest BCUT2D eigenvalue weighted by Crippen LogP contribution is 2.32. The van der Waals surface area contributed by atoms with E-state index in [9.17, 15) is 18.0 Å². The summed E-state index contributed by atoms with van der Waals surface area (Å²) in [5.41, 5.74) is 2.31. The number of alkyl halides is 3. The summed E-state index contributed by atoms with van der Waals surface area (Å²) >= 11 is 0. The molecule has 8 heteroatoms. The average Bonchev–Trinajstić information content (AvgIpc) is 3.11. The van der Waals surface area contributed by atoms with Crippen LogP contribution in [0.2, 0.25) is 0 Å². The fourth-order valence-corrected chi connectivity index (χ4v) is 3.25. The predicted octanol–water partition coefficient (Wildman–Crippen LogP) is 5.80. The van der Waals surface area contributed by atoms with E-state index >= 15 is 0 Å². The van der Waals surface area contributed by atoms with Crippen LogP contribution in [0, 0.1) is 13.8 Å². The van der Waals surface area contributed by atoms with Crippen molar-refractivity contribution < 1.29 is 37.0 Å². The number of ether oxygens (including phenoxy) is 2. The maximum Gasteiger partial charge on any atom is 0.416 e. The monoisotopic (exact) mass is 448 g/mol. The van der Waals surface area contributed by atoms with Gasteiger partial charge in [0.25, 0.3) is 0 Å². The first-order valence-corrected chi connectivity index (χ1v) is 9.83. The Hall–Kier alpha value is -3.26. The average molecular weight is 448 g/mol. The normalized spacial score (nSPS) is 12.6. The van der Waals surface area contributed by atoms with E-state index in [2.05, 4.69) is 0 Å². The Balaban J connectivity index is 1.68. The quantitative estimate of drug-likeness (QED) is 0.472. The van der Waals surface area contributed by atoms with E-state index in [1.807, 2.05) is 13.0 Å². The van der Waals surface area contributed by atoms with E-state index in [1.165, 1.54) is 19.2 Å². The van der Waals surface area contributed by atoms with E-state index < -0.39 is 23.8 Å². The van der Waals surface area contributed by atoms with Gasteiger partial charge < -0.3 is 19.0 Å². The molecule has 32 heavy (non-hydrogen) atoms. The molecule has 0 bridgehead atoms. The lowest BCUT2D eigenvalue weighted by atomic mass is 10.0. The smallest absolute Gasteiger partial charge is 0.416 e. The zero-order valence-corrected chi connectivity index (χ0v) is 17.8. The van der Waals surface area contributed by atoms with Crippen molar-refractivity contribution in [3.05, 3.63) is 76.5 Å². The molecule has 0 aliphatic carbocycles. The molecule has 1 atom stereocenters. The second-order valence-electron chi connectivity index (χ2n) is 7.41. The minimum absolute atomic E-state index is 0.213. The summed E-state index contributed by atoms with van der Waals surface area (Å²) in [4.78, 5) is 11.2. The van der Waals surface area contributed by atoms with E-state index in [4.69, 9.17) is 19.0 Å². The molecule has 1 unspecified atom stereocenters. The Kier molecular flexibility index (Phi) is 6.93. The molecule has 0 fully saturated rings. The van der Waals surface area contributed by atoms with Crippen molar-refractivity contribution in [2.75, 3.05) is 7.11 Å². The summed E-state index contributed by atoms with van der Waals surface area (Å²) < 4.78 is 54.8. The maximum absolute atomic E-state index is 12.7. The van der Waals surface area contributed by atoms with Crippen LogP contribution in [0.3, 0.4) is 0 Å². The van der Waals surface area contributed by atoms with Gasteiger partial charge in [0.15, 0.2) is 6.10 Å². The van der Waals surface area contributed by atoms with Crippen molar-refractivity contribution >= 4 is 5.97 Å². The summed E-state index contributed by atoms with van der Waals surface area (Å²) in [6, 6.07) is 11.9. The number of hydrogen-bond donors (Lipinski definition) is 1. The van der Waals surface area contributed by atoms with Crippen LogP contribution in [0.15, 0.2) is 52.9 Å². The third kappa shape index (κ3) is 5.50. The topological polar surface area (TPSA) is 68.9 Å². The van der Waals surface area contributed by atoms with Crippen molar-refractivity contribution in [3.63, 3.8) is 0 Å². The minimum atomic E-state index is -4.39. The number of hydrogen-bond acceptors (Lipinski definition) is 4. The molecule has 0 saturated carbocycles. The van der Waals surface area contributed by atoms with Crippen LogP contribution in [-0.4, -0.2) is 24.3 Å². The van der Waals surface area contributed by atoms with E-state index in [0.717, 1.165) is 28.8 Å². The molecule has 1 heterocycles. The number of halogens is 3. The van der Waals surface area contributed by atoms with Gasteiger partial charge in [0.1, 0.15) is 23.9 Å². The van der Waals surface area contributed by atoms with E-state index in [-0.39, 0.29) is 13.0 Å². The van der Waals surface area contributed by atoms with Gasteiger partial charge in [-0.1, -0.05) is 18.2 Å². The molecular formula is C24H23F3O5. The van der Waals surface area contributed by atoms with Gasteiger partial charge in [0.05, 0.1) is 5.56 Å². The molecule has 2 aromatic carbocycles. The lowest BCUT2D eigenvalue weighted by Crippen LogP contribution is -2.25. The minimum Gasteiger partial charge on any atom is -0.489 e. The van der Waals surface area contributed by atoms with Gasteiger partial charge in [-0.2, -0.15) is 13.2 Å². The fourth-order valence-electron chi connectivity index (χ4n) is 3.25. The highest BCUT2D eigenvalue weighted by atomic mass is 19.4. The maximum atomic E-state index is 12.7. The second-order valence-corrected chi connectivity index (χ2v) is 7.41. The second kappa shape index (κ2) is 9.48. The first-order valence-electron chi connectivity index (χ1n) is 9.83. The van der Waals surface area contributed by atoms with Gasteiger partial charge in [-0.05, 0) is 55.3 Å². The molecule has 0 aliphatic heterocycles. The third-order valence-electron chi connectivity index (χ3n) is 5.19. The molecule has 0 amide bonds. The summed E-state index contributed by atoms with van der Waals surface area (Å²) in [5.74, 6) is 0.650. The van der Waals surface area contributed by atoms with Crippen molar-refractivity contribution in [1.82, 2.24) is 0 Å². The Morgan fingerprint density at radius 2 is 1.75 bits per heavy atom. The first-order chi connectivity index (χ1) is 15.1. The molecule has 1 aromatic heterocycles. The van der Waals surface area contributed by atoms with Crippen LogP contribution < -0.4 is 4.74 Å². The molecule has 0 radical (unpaired) electrons. The van der Waals surface area contributed by atoms with Gasteiger partial charge in [-0.3, -0.25) is 0 Å². The molecule has 0 spiro atoms. The number of carbonyl (C=O) groups is 1. The van der Waals surface area contributed by atoms with Crippen molar-refractivity contribution in [2.24, 2.45) is 0 Å². The standard InChI is InChI=1S/C24H23F3O5/c1-14-10-20(9-6-17(14)11-22(30-3)23(28)29)31-13-18-12-21(32-15(18)2)16-4-7-19(8-5-16)24(25,26)27/h4-10,12,22H,11,13H2,1-3H3,(H,28,29). The van der Waals surface area contributed by atoms with Crippen LogP contribution >= 0.6 is 0 Å². The SMILES string of the molecule is COC(Cc1ccc(OCc2cc(-c3ccc(C(F)(F)F)cc3)oc2C)cc1C)C(=O)O. The van der Waals surface area contributed by atoms with Crippen LogP contribution in [0.5, 0.6) is 5.75 Å². The highest BCUT2D eigenvalue weighted by Gasteiger charge is 2.30. The lowest BCUT2D eigenvalue weighted by molar-refractivity contribution is -0.148. The number of carboxylic acids is 1. The van der Waals surface area contributed by atoms with Crippen molar-refractivity contribution in [3.8, 4) is 17.1 Å². The fraction of sp³-hybridized carbons (Fsp3) is 0.292. The number of aliphatic carboxylic acids is 1. The number of methoxy groups -OCH3 is 1. The van der Waals surface area contributed by atoms with Gasteiger partial charge in [-0.15, -0.1) is 0 Å². The van der Waals surface area contributed by atoms with Gasteiger partial charge in [-0.25, -0.2) is 4.79 Å². The molecule has 1 N–H and O–H groups in total. The number of rotatable bonds is 8. The highest BCUT2D eigenvalue weighted by molar-refractivity contribution is 5.72.